The monoisotopic (exact) mass is 289 g/mol. The van der Waals surface area contributed by atoms with Gasteiger partial charge in [-0.3, -0.25) is 4.90 Å². The number of likely N-dealkylation sites (tertiary alicyclic amines) is 1. The summed E-state index contributed by atoms with van der Waals surface area (Å²) in [6.45, 7) is 5.51. The molecule has 2 unspecified atom stereocenters. The van der Waals surface area contributed by atoms with E-state index in [0.29, 0.717) is 12.6 Å². The van der Waals surface area contributed by atoms with Crippen molar-refractivity contribution in [2.75, 3.05) is 13.2 Å². The quantitative estimate of drug-likeness (QED) is 0.769. The molecule has 1 aromatic rings. The molecule has 3 heteroatoms. The molecule has 1 heterocycles. The van der Waals surface area contributed by atoms with Gasteiger partial charge < -0.3 is 4.74 Å². The zero-order chi connectivity index (χ0) is 15.1. The first-order valence-corrected chi connectivity index (χ1v) is 8.25. The molecular formula is C18H27NO2. The second-order valence-corrected chi connectivity index (χ2v) is 5.71. The van der Waals surface area contributed by atoms with Gasteiger partial charge in [0.15, 0.2) is 0 Å². The highest BCUT2D eigenvalue weighted by atomic mass is 16.5. The van der Waals surface area contributed by atoms with Gasteiger partial charge in [-0.2, -0.15) is 0 Å². The van der Waals surface area contributed by atoms with Crippen LogP contribution in [0.25, 0.3) is 0 Å². The number of carbonyl (C=O) groups excluding carboxylic acids is 1. The first-order valence-electron chi connectivity index (χ1n) is 8.25. The molecule has 2 rings (SSSR count). The maximum Gasteiger partial charge on any atom is 0.328 e. The molecule has 21 heavy (non-hydrogen) atoms. The summed E-state index contributed by atoms with van der Waals surface area (Å²) >= 11 is 0. The van der Waals surface area contributed by atoms with Crippen molar-refractivity contribution in [3.63, 3.8) is 0 Å². The Morgan fingerprint density at radius 3 is 2.67 bits per heavy atom. The van der Waals surface area contributed by atoms with Gasteiger partial charge in [0.1, 0.15) is 6.04 Å². The highest BCUT2D eigenvalue weighted by Gasteiger charge is 2.33. The lowest BCUT2D eigenvalue weighted by Gasteiger charge is -2.35. The van der Waals surface area contributed by atoms with Crippen LogP contribution in [0.15, 0.2) is 30.3 Å². The van der Waals surface area contributed by atoms with E-state index in [-0.39, 0.29) is 12.0 Å². The zero-order valence-electron chi connectivity index (χ0n) is 13.3. The minimum atomic E-state index is -0.255. The largest absolute Gasteiger partial charge is 0.465 e. The SMILES string of the molecule is CCOC(=O)C(c1ccccc1)N1CCCCCC1CC. The molecule has 0 saturated carbocycles. The normalized spacial score (nSPS) is 21.5. The van der Waals surface area contributed by atoms with Crippen molar-refractivity contribution in [3.05, 3.63) is 35.9 Å². The number of benzene rings is 1. The van der Waals surface area contributed by atoms with Gasteiger partial charge in [-0.25, -0.2) is 4.79 Å². The second kappa shape index (κ2) is 8.18. The third kappa shape index (κ3) is 4.07. The highest BCUT2D eigenvalue weighted by Crippen LogP contribution is 2.30. The van der Waals surface area contributed by atoms with Crippen LogP contribution in [0.5, 0.6) is 0 Å². The van der Waals surface area contributed by atoms with E-state index in [1.54, 1.807) is 0 Å². The Morgan fingerprint density at radius 1 is 1.24 bits per heavy atom. The van der Waals surface area contributed by atoms with Crippen LogP contribution >= 0.6 is 0 Å². The number of rotatable bonds is 5. The van der Waals surface area contributed by atoms with Crippen LogP contribution in [0, 0.1) is 0 Å². The van der Waals surface area contributed by atoms with Crippen LogP contribution in [0.4, 0.5) is 0 Å². The maximum atomic E-state index is 12.6. The topological polar surface area (TPSA) is 29.5 Å². The molecule has 1 aromatic carbocycles. The predicted octanol–water partition coefficient (Wildman–Crippen LogP) is 3.95. The van der Waals surface area contributed by atoms with Crippen LogP contribution < -0.4 is 0 Å². The molecule has 1 saturated heterocycles. The van der Waals surface area contributed by atoms with Gasteiger partial charge in [0.2, 0.25) is 0 Å². The summed E-state index contributed by atoms with van der Waals surface area (Å²) in [4.78, 5) is 14.9. The van der Waals surface area contributed by atoms with Gasteiger partial charge in [-0.15, -0.1) is 0 Å². The first kappa shape index (κ1) is 16.0. The van der Waals surface area contributed by atoms with Crippen molar-refractivity contribution in [1.29, 1.82) is 0 Å². The van der Waals surface area contributed by atoms with E-state index >= 15 is 0 Å². The van der Waals surface area contributed by atoms with Crippen LogP contribution in [0.1, 0.15) is 57.6 Å². The summed E-state index contributed by atoms with van der Waals surface area (Å²) in [7, 11) is 0. The Hall–Kier alpha value is -1.35. The fourth-order valence-corrected chi connectivity index (χ4v) is 3.30. The molecule has 0 aliphatic carbocycles. The van der Waals surface area contributed by atoms with Crippen molar-refractivity contribution in [2.24, 2.45) is 0 Å². The fourth-order valence-electron chi connectivity index (χ4n) is 3.30. The number of hydrogen-bond acceptors (Lipinski definition) is 3. The van der Waals surface area contributed by atoms with E-state index in [9.17, 15) is 4.79 Å². The maximum absolute atomic E-state index is 12.6. The molecule has 3 nitrogen and oxygen atoms in total. The number of ether oxygens (including phenoxy) is 1. The summed E-state index contributed by atoms with van der Waals surface area (Å²) in [5.74, 6) is -0.107. The Labute approximate surface area is 128 Å². The molecule has 1 fully saturated rings. The summed E-state index contributed by atoms with van der Waals surface area (Å²) < 4.78 is 5.36. The van der Waals surface area contributed by atoms with Crippen molar-refractivity contribution >= 4 is 5.97 Å². The van der Waals surface area contributed by atoms with Gasteiger partial charge in [-0.05, 0) is 38.3 Å². The Balaban J connectivity index is 2.30. The number of carbonyl (C=O) groups is 1. The van der Waals surface area contributed by atoms with Crippen LogP contribution in [0.3, 0.4) is 0 Å². The van der Waals surface area contributed by atoms with Crippen molar-refractivity contribution in [1.82, 2.24) is 4.90 Å². The van der Waals surface area contributed by atoms with Crippen molar-refractivity contribution in [2.45, 2.75) is 58.0 Å². The number of hydrogen-bond donors (Lipinski definition) is 0. The molecule has 0 N–H and O–H groups in total. The zero-order valence-corrected chi connectivity index (χ0v) is 13.3. The highest BCUT2D eigenvalue weighted by molar-refractivity contribution is 5.77. The van der Waals surface area contributed by atoms with Gasteiger partial charge in [0.05, 0.1) is 6.61 Å². The number of nitrogens with zero attached hydrogens (tertiary/aromatic N) is 1. The van der Waals surface area contributed by atoms with Gasteiger partial charge in [-0.1, -0.05) is 50.1 Å². The van der Waals surface area contributed by atoms with Gasteiger partial charge >= 0.3 is 5.97 Å². The van der Waals surface area contributed by atoms with Gasteiger partial charge in [0.25, 0.3) is 0 Å². The molecule has 116 valence electrons. The molecule has 1 aliphatic rings. The lowest BCUT2D eigenvalue weighted by Crippen LogP contribution is -2.42. The lowest BCUT2D eigenvalue weighted by molar-refractivity contribution is -0.151. The van der Waals surface area contributed by atoms with E-state index < -0.39 is 0 Å². The standard InChI is InChI=1S/C18H27NO2/c1-3-16-13-9-6-10-14-19(16)17(18(20)21-4-2)15-11-7-5-8-12-15/h5,7-8,11-12,16-17H,3-4,6,9-10,13-14H2,1-2H3. The molecule has 0 bridgehead atoms. The Kier molecular flexibility index (Phi) is 6.24. The van der Waals surface area contributed by atoms with E-state index in [1.807, 2.05) is 37.3 Å². The molecule has 2 atom stereocenters. The van der Waals surface area contributed by atoms with E-state index in [2.05, 4.69) is 11.8 Å². The lowest BCUT2D eigenvalue weighted by atomic mass is 10.0. The smallest absolute Gasteiger partial charge is 0.328 e. The van der Waals surface area contributed by atoms with E-state index in [0.717, 1.165) is 18.5 Å². The summed E-state index contributed by atoms with van der Waals surface area (Å²) in [5, 5.41) is 0. The Bertz CT molecular complexity index is 432. The summed E-state index contributed by atoms with van der Waals surface area (Å²) in [5.41, 5.74) is 1.05. The van der Waals surface area contributed by atoms with E-state index in [1.165, 1.54) is 25.7 Å². The minimum Gasteiger partial charge on any atom is -0.465 e. The molecule has 0 aromatic heterocycles. The predicted molar refractivity (Wildman–Crippen MR) is 85.1 cm³/mol. The summed E-state index contributed by atoms with van der Waals surface area (Å²) in [6, 6.07) is 10.3. The third-order valence-corrected chi connectivity index (χ3v) is 4.35. The minimum absolute atomic E-state index is 0.107. The van der Waals surface area contributed by atoms with Crippen molar-refractivity contribution < 1.29 is 9.53 Å². The molecule has 1 aliphatic heterocycles. The molecule has 0 spiro atoms. The summed E-state index contributed by atoms with van der Waals surface area (Å²) in [6.07, 6.45) is 5.96. The Morgan fingerprint density at radius 2 is 2.00 bits per heavy atom. The average Bonchev–Trinajstić information content (AvgIpc) is 2.74. The van der Waals surface area contributed by atoms with Crippen LogP contribution in [-0.4, -0.2) is 30.1 Å². The van der Waals surface area contributed by atoms with Crippen molar-refractivity contribution in [3.8, 4) is 0 Å². The fraction of sp³-hybridized carbons (Fsp3) is 0.611. The molecule has 0 amide bonds. The van der Waals surface area contributed by atoms with Gasteiger partial charge in [0, 0.05) is 6.04 Å². The number of esters is 1. The average molecular weight is 289 g/mol. The second-order valence-electron chi connectivity index (χ2n) is 5.71. The van der Waals surface area contributed by atoms with Crippen LogP contribution in [-0.2, 0) is 9.53 Å². The molecule has 0 radical (unpaired) electrons. The van der Waals surface area contributed by atoms with Crippen LogP contribution in [0.2, 0.25) is 0 Å². The molecular weight excluding hydrogens is 262 g/mol. The van der Waals surface area contributed by atoms with E-state index in [4.69, 9.17) is 4.74 Å². The first-order chi connectivity index (χ1) is 10.3. The third-order valence-electron chi connectivity index (χ3n) is 4.35.